The topological polar surface area (TPSA) is 96.0 Å². The van der Waals surface area contributed by atoms with Gasteiger partial charge in [0, 0.05) is 19.2 Å². The molecule has 0 aromatic heterocycles. The zero-order valence-corrected chi connectivity index (χ0v) is 21.2. The highest BCUT2D eigenvalue weighted by atomic mass is 32.2. The molecule has 2 amide bonds. The number of carbonyl (C=O) groups excluding carboxylic acids is 2. The largest absolute Gasteiger partial charge is 0.497 e. The fraction of sp³-hybridized carbons (Fsp3) is 0.417. The number of nitrogens with zero attached hydrogens (tertiary/aromatic N) is 2. The van der Waals surface area contributed by atoms with Gasteiger partial charge in [0.25, 0.3) is 0 Å². The molecule has 0 radical (unpaired) electrons. The van der Waals surface area contributed by atoms with Gasteiger partial charge in [0.1, 0.15) is 18.3 Å². The lowest BCUT2D eigenvalue weighted by Crippen LogP contribution is -2.51. The Morgan fingerprint density at radius 1 is 1.06 bits per heavy atom. The molecule has 0 fully saturated rings. The van der Waals surface area contributed by atoms with Gasteiger partial charge in [-0.1, -0.05) is 26.0 Å². The molecule has 0 aliphatic rings. The van der Waals surface area contributed by atoms with Gasteiger partial charge >= 0.3 is 0 Å². The van der Waals surface area contributed by atoms with Crippen LogP contribution in [0.2, 0.25) is 0 Å². The molecule has 11 heteroatoms. The Bertz CT molecular complexity index is 1160. The van der Waals surface area contributed by atoms with Crippen LogP contribution >= 0.6 is 0 Å². The summed E-state index contributed by atoms with van der Waals surface area (Å²) >= 11 is 0. The lowest BCUT2D eigenvalue weighted by molar-refractivity contribution is -0.139. The summed E-state index contributed by atoms with van der Waals surface area (Å²) in [6, 6.07) is 8.50. The average Bonchev–Trinajstić information content (AvgIpc) is 2.80. The second kappa shape index (κ2) is 12.0. The normalized spacial score (nSPS) is 12.2. The second-order valence-electron chi connectivity index (χ2n) is 8.56. The van der Waals surface area contributed by atoms with Crippen molar-refractivity contribution in [2.24, 2.45) is 5.92 Å². The van der Waals surface area contributed by atoms with Gasteiger partial charge in [0.15, 0.2) is 11.6 Å². The van der Waals surface area contributed by atoms with Crippen LogP contribution in [0.25, 0.3) is 0 Å². The van der Waals surface area contributed by atoms with Crippen LogP contribution in [-0.2, 0) is 26.2 Å². The molecule has 2 aromatic carbocycles. The molecule has 8 nitrogen and oxygen atoms in total. The molecule has 0 heterocycles. The van der Waals surface area contributed by atoms with Crippen LogP contribution in [0.4, 0.5) is 14.5 Å². The van der Waals surface area contributed by atoms with E-state index in [2.05, 4.69) is 5.32 Å². The number of rotatable bonds is 11. The Labute approximate surface area is 204 Å². The molecule has 0 spiro atoms. The quantitative estimate of drug-likeness (QED) is 0.501. The number of ether oxygens (including phenoxy) is 1. The molecule has 1 N–H and O–H groups in total. The van der Waals surface area contributed by atoms with Crippen molar-refractivity contribution in [1.82, 2.24) is 10.2 Å². The molecule has 0 aliphatic heterocycles. The zero-order chi connectivity index (χ0) is 26.3. The van der Waals surface area contributed by atoms with E-state index in [0.717, 1.165) is 18.4 Å². The molecule has 0 unspecified atom stereocenters. The number of carbonyl (C=O) groups is 2. The minimum Gasteiger partial charge on any atom is -0.497 e. The second-order valence-corrected chi connectivity index (χ2v) is 10.5. The fourth-order valence-corrected chi connectivity index (χ4v) is 4.10. The number of hydrogen-bond acceptors (Lipinski definition) is 5. The molecular formula is C24H31F2N3O5S. The van der Waals surface area contributed by atoms with E-state index >= 15 is 0 Å². The SMILES string of the molecule is COc1cccc(CN(C(=O)CN(c2ccc(F)c(F)c2)S(C)(=O)=O)[C@@H](C)C(=O)NCC(C)C)c1. The standard InChI is InChI=1S/C24H31F2N3O5S/c1-16(2)13-27-24(31)17(3)28(14-18-7-6-8-20(11-18)34-4)23(30)15-29(35(5,32)33)19-9-10-21(25)22(26)12-19/h6-12,16-17H,13-15H2,1-5H3,(H,27,31)/t17-/m0/s1. The summed E-state index contributed by atoms with van der Waals surface area (Å²) in [5.74, 6) is -2.78. The summed E-state index contributed by atoms with van der Waals surface area (Å²) in [4.78, 5) is 27.4. The maximum absolute atomic E-state index is 13.8. The summed E-state index contributed by atoms with van der Waals surface area (Å²) in [6.07, 6.45) is 0.854. The first kappa shape index (κ1) is 28.0. The minimum absolute atomic E-state index is 0.0122. The van der Waals surface area contributed by atoms with Crippen molar-refractivity contribution < 1.29 is 31.5 Å². The highest BCUT2D eigenvalue weighted by Gasteiger charge is 2.30. The van der Waals surface area contributed by atoms with E-state index in [1.54, 1.807) is 24.3 Å². The van der Waals surface area contributed by atoms with Crippen LogP contribution in [0.5, 0.6) is 5.75 Å². The van der Waals surface area contributed by atoms with Crippen molar-refractivity contribution in [3.63, 3.8) is 0 Å². The number of hydrogen-bond donors (Lipinski definition) is 1. The van der Waals surface area contributed by atoms with Gasteiger partial charge < -0.3 is 15.0 Å². The van der Waals surface area contributed by atoms with Crippen LogP contribution in [0.15, 0.2) is 42.5 Å². The van der Waals surface area contributed by atoms with Crippen molar-refractivity contribution in [2.75, 3.05) is 30.8 Å². The molecule has 2 aromatic rings. The number of methoxy groups -OCH3 is 1. The highest BCUT2D eigenvalue weighted by Crippen LogP contribution is 2.22. The third-order valence-corrected chi connectivity index (χ3v) is 6.35. The number of benzene rings is 2. The third-order valence-electron chi connectivity index (χ3n) is 5.21. The van der Waals surface area contributed by atoms with Crippen molar-refractivity contribution >= 4 is 27.5 Å². The van der Waals surface area contributed by atoms with E-state index in [-0.39, 0.29) is 18.2 Å². The van der Waals surface area contributed by atoms with Crippen LogP contribution < -0.4 is 14.4 Å². The predicted octanol–water partition coefficient (Wildman–Crippen LogP) is 2.93. The summed E-state index contributed by atoms with van der Waals surface area (Å²) in [5.41, 5.74) is 0.443. The fourth-order valence-electron chi connectivity index (χ4n) is 3.26. The summed E-state index contributed by atoms with van der Waals surface area (Å²) < 4.78 is 58.0. The maximum Gasteiger partial charge on any atom is 0.244 e. The van der Waals surface area contributed by atoms with E-state index in [9.17, 15) is 26.8 Å². The van der Waals surface area contributed by atoms with Gasteiger partial charge in [-0.3, -0.25) is 13.9 Å². The molecule has 2 rings (SSSR count). The van der Waals surface area contributed by atoms with Crippen molar-refractivity contribution in [2.45, 2.75) is 33.4 Å². The molecule has 0 aliphatic carbocycles. The lowest BCUT2D eigenvalue weighted by atomic mass is 10.1. The number of anilines is 1. The van der Waals surface area contributed by atoms with Gasteiger partial charge in [-0.25, -0.2) is 17.2 Å². The molecule has 0 bridgehead atoms. The Morgan fingerprint density at radius 2 is 1.74 bits per heavy atom. The lowest BCUT2D eigenvalue weighted by Gasteiger charge is -2.31. The number of amides is 2. The molecule has 0 saturated carbocycles. The Balaban J connectivity index is 2.40. The van der Waals surface area contributed by atoms with E-state index in [1.807, 2.05) is 13.8 Å². The maximum atomic E-state index is 13.8. The van der Waals surface area contributed by atoms with E-state index in [1.165, 1.54) is 18.9 Å². The Kier molecular flexibility index (Phi) is 9.58. The van der Waals surface area contributed by atoms with Gasteiger partial charge in [-0.2, -0.15) is 0 Å². The van der Waals surface area contributed by atoms with Crippen LogP contribution in [0.1, 0.15) is 26.3 Å². The summed E-state index contributed by atoms with van der Waals surface area (Å²) in [5, 5.41) is 2.77. The average molecular weight is 512 g/mol. The minimum atomic E-state index is -4.05. The first-order valence-corrected chi connectivity index (χ1v) is 12.8. The highest BCUT2D eigenvalue weighted by molar-refractivity contribution is 7.92. The van der Waals surface area contributed by atoms with Crippen LogP contribution in [0.3, 0.4) is 0 Å². The van der Waals surface area contributed by atoms with Crippen molar-refractivity contribution in [3.8, 4) is 5.75 Å². The van der Waals surface area contributed by atoms with Gasteiger partial charge in [0.05, 0.1) is 19.1 Å². The summed E-state index contributed by atoms with van der Waals surface area (Å²) in [6.45, 7) is 5.06. The Morgan fingerprint density at radius 3 is 2.31 bits per heavy atom. The predicted molar refractivity (Wildman–Crippen MR) is 129 cm³/mol. The molecule has 0 saturated heterocycles. The van der Waals surface area contributed by atoms with Crippen molar-refractivity contribution in [3.05, 3.63) is 59.7 Å². The Hall–Kier alpha value is -3.21. The van der Waals surface area contributed by atoms with E-state index in [0.29, 0.717) is 28.2 Å². The van der Waals surface area contributed by atoms with Gasteiger partial charge in [-0.15, -0.1) is 0 Å². The van der Waals surface area contributed by atoms with Crippen LogP contribution in [0, 0.1) is 17.6 Å². The zero-order valence-electron chi connectivity index (χ0n) is 20.4. The molecule has 35 heavy (non-hydrogen) atoms. The first-order valence-electron chi connectivity index (χ1n) is 11.0. The third kappa shape index (κ3) is 7.91. The number of halogens is 2. The number of nitrogens with one attached hydrogen (secondary N) is 1. The smallest absolute Gasteiger partial charge is 0.244 e. The molecule has 1 atom stereocenters. The number of sulfonamides is 1. The van der Waals surface area contributed by atoms with E-state index < -0.39 is 46.1 Å². The first-order chi connectivity index (χ1) is 16.3. The summed E-state index contributed by atoms with van der Waals surface area (Å²) in [7, 11) is -2.56. The van der Waals surface area contributed by atoms with Gasteiger partial charge in [0.2, 0.25) is 21.8 Å². The van der Waals surface area contributed by atoms with E-state index in [4.69, 9.17) is 4.74 Å². The van der Waals surface area contributed by atoms with Gasteiger partial charge in [-0.05, 0) is 42.7 Å². The van der Waals surface area contributed by atoms with Crippen molar-refractivity contribution in [1.29, 1.82) is 0 Å². The van der Waals surface area contributed by atoms with Crippen LogP contribution in [-0.4, -0.2) is 57.6 Å². The monoisotopic (exact) mass is 511 g/mol. The molecular weight excluding hydrogens is 480 g/mol. The molecule has 192 valence electrons.